The third-order valence-corrected chi connectivity index (χ3v) is 7.30. The van der Waals surface area contributed by atoms with E-state index in [1.165, 1.54) is 19.3 Å². The van der Waals surface area contributed by atoms with Crippen LogP contribution >= 0.6 is 0 Å². The number of nitrogens with two attached hydrogens (primary N) is 1. The quantitative estimate of drug-likeness (QED) is 0.694. The lowest BCUT2D eigenvalue weighted by atomic mass is 9.61. The zero-order chi connectivity index (χ0) is 21.0. The number of rotatable bonds is 5. The van der Waals surface area contributed by atoms with Gasteiger partial charge in [-0.05, 0) is 68.8 Å². The monoisotopic (exact) mass is 410 g/mol. The van der Waals surface area contributed by atoms with Crippen LogP contribution in [0.5, 0.6) is 0 Å². The number of carbonyl (C=O) groups is 4. The summed E-state index contributed by atoms with van der Waals surface area (Å²) in [6.07, 6.45) is 4.84. The molecule has 1 saturated carbocycles. The Kier molecular flexibility index (Phi) is 4.52. The average molecular weight is 410 g/mol. The minimum absolute atomic E-state index is 0.119. The van der Waals surface area contributed by atoms with E-state index in [1.807, 2.05) is 6.07 Å². The Morgan fingerprint density at radius 3 is 2.57 bits per heavy atom. The highest BCUT2D eigenvalue weighted by Gasteiger charge is 2.51. The van der Waals surface area contributed by atoms with Gasteiger partial charge in [0.05, 0.1) is 11.1 Å². The number of amides is 4. The topological polar surface area (TPSA) is 113 Å². The summed E-state index contributed by atoms with van der Waals surface area (Å²) in [5.74, 6) is -1.06. The second-order valence-electron chi connectivity index (χ2n) is 9.07. The number of nitrogens with one attached hydrogen (secondary N) is 1. The Hall–Kier alpha value is -2.58. The van der Waals surface area contributed by atoms with E-state index in [0.717, 1.165) is 35.9 Å². The molecule has 1 aromatic carbocycles. The second-order valence-corrected chi connectivity index (χ2v) is 9.07. The first-order valence-corrected chi connectivity index (χ1v) is 10.7. The summed E-state index contributed by atoms with van der Waals surface area (Å²) >= 11 is 0. The van der Waals surface area contributed by atoms with Crippen molar-refractivity contribution < 1.29 is 19.2 Å². The average Bonchev–Trinajstić information content (AvgIpc) is 2.93. The van der Waals surface area contributed by atoms with Crippen molar-refractivity contribution >= 4 is 23.6 Å². The lowest BCUT2D eigenvalue weighted by Gasteiger charge is -2.59. The third-order valence-electron chi connectivity index (χ3n) is 7.30. The second kappa shape index (κ2) is 6.99. The van der Waals surface area contributed by atoms with Crippen LogP contribution in [-0.2, 0) is 16.1 Å². The predicted octanol–water partition coefficient (Wildman–Crippen LogP) is 0.791. The minimum Gasteiger partial charge on any atom is -0.330 e. The van der Waals surface area contributed by atoms with E-state index < -0.39 is 23.8 Å². The molecule has 158 valence electrons. The minimum atomic E-state index is -0.930. The van der Waals surface area contributed by atoms with E-state index >= 15 is 0 Å². The van der Waals surface area contributed by atoms with Crippen molar-refractivity contribution in [3.63, 3.8) is 0 Å². The number of nitrogens with zero attached hydrogens (tertiary/aromatic N) is 2. The van der Waals surface area contributed by atoms with E-state index in [0.29, 0.717) is 17.7 Å². The van der Waals surface area contributed by atoms with Crippen molar-refractivity contribution in [2.24, 2.45) is 11.7 Å². The highest BCUT2D eigenvalue weighted by atomic mass is 16.2. The van der Waals surface area contributed by atoms with Gasteiger partial charge in [-0.25, -0.2) is 0 Å². The molecule has 5 aliphatic rings. The number of fused-ring (bicyclic) bond motifs is 3. The van der Waals surface area contributed by atoms with Gasteiger partial charge in [0.25, 0.3) is 11.8 Å². The summed E-state index contributed by atoms with van der Waals surface area (Å²) in [5, 5.41) is 2.22. The van der Waals surface area contributed by atoms with E-state index in [4.69, 9.17) is 5.73 Å². The molecule has 3 N–H and O–H groups in total. The number of hydrogen-bond acceptors (Lipinski definition) is 6. The van der Waals surface area contributed by atoms with Crippen molar-refractivity contribution in [3.8, 4) is 0 Å². The van der Waals surface area contributed by atoms with Crippen LogP contribution in [0.25, 0.3) is 0 Å². The molecule has 4 aliphatic heterocycles. The van der Waals surface area contributed by atoms with Crippen LogP contribution < -0.4 is 11.1 Å². The molecule has 0 spiro atoms. The van der Waals surface area contributed by atoms with Gasteiger partial charge in [-0.3, -0.25) is 34.3 Å². The van der Waals surface area contributed by atoms with Gasteiger partial charge in [-0.2, -0.15) is 0 Å². The first kappa shape index (κ1) is 19.4. The summed E-state index contributed by atoms with van der Waals surface area (Å²) in [7, 11) is 0. The molecule has 8 heteroatoms. The number of imide groups is 2. The molecular weight excluding hydrogens is 384 g/mol. The fraction of sp³-hybridized carbons (Fsp3) is 0.545. The molecule has 30 heavy (non-hydrogen) atoms. The van der Waals surface area contributed by atoms with Crippen LogP contribution in [-0.4, -0.2) is 58.1 Å². The number of hydrogen-bond donors (Lipinski definition) is 2. The lowest BCUT2D eigenvalue weighted by Crippen LogP contribution is -2.62. The first-order chi connectivity index (χ1) is 14.4. The lowest BCUT2D eigenvalue weighted by molar-refractivity contribution is -0.136. The molecule has 6 rings (SSSR count). The summed E-state index contributed by atoms with van der Waals surface area (Å²) in [6.45, 7) is 2.41. The van der Waals surface area contributed by atoms with Gasteiger partial charge in [-0.1, -0.05) is 6.07 Å². The Morgan fingerprint density at radius 1 is 1.07 bits per heavy atom. The summed E-state index contributed by atoms with van der Waals surface area (Å²) < 4.78 is 0. The molecule has 4 heterocycles. The zero-order valence-corrected chi connectivity index (χ0v) is 16.9. The maximum Gasteiger partial charge on any atom is 0.262 e. The zero-order valence-electron chi connectivity index (χ0n) is 16.9. The molecule has 0 radical (unpaired) electrons. The number of benzene rings is 1. The van der Waals surface area contributed by atoms with Crippen LogP contribution in [0.2, 0.25) is 0 Å². The van der Waals surface area contributed by atoms with Gasteiger partial charge >= 0.3 is 0 Å². The Bertz CT molecular complexity index is 947. The molecule has 1 atom stereocenters. The molecule has 4 amide bonds. The summed E-state index contributed by atoms with van der Waals surface area (Å²) in [5.41, 5.74) is 7.71. The van der Waals surface area contributed by atoms with Gasteiger partial charge in [0.15, 0.2) is 0 Å². The fourth-order valence-electron chi connectivity index (χ4n) is 5.77. The third kappa shape index (κ3) is 2.89. The summed E-state index contributed by atoms with van der Waals surface area (Å²) in [6, 6.07) is 4.46. The Balaban J connectivity index is 1.37. The van der Waals surface area contributed by atoms with E-state index in [1.54, 1.807) is 12.1 Å². The Morgan fingerprint density at radius 2 is 1.83 bits per heavy atom. The van der Waals surface area contributed by atoms with Crippen LogP contribution in [0.15, 0.2) is 18.2 Å². The number of piperidine rings is 3. The SMILES string of the molecule is NCCC12CC(CCN1Cc1ccc3c(c1)C(=O)N(C1CCC(=O)NC1=O)C3=O)C2. The maximum absolute atomic E-state index is 13.0. The van der Waals surface area contributed by atoms with Gasteiger partial charge in [-0.15, -0.1) is 0 Å². The van der Waals surface area contributed by atoms with Crippen molar-refractivity contribution in [2.75, 3.05) is 13.1 Å². The van der Waals surface area contributed by atoms with Gasteiger partial charge < -0.3 is 5.73 Å². The maximum atomic E-state index is 13.0. The predicted molar refractivity (Wildman–Crippen MR) is 107 cm³/mol. The van der Waals surface area contributed by atoms with E-state index in [-0.39, 0.29) is 24.3 Å². The van der Waals surface area contributed by atoms with Crippen LogP contribution in [0, 0.1) is 5.92 Å². The molecule has 1 aromatic rings. The van der Waals surface area contributed by atoms with Crippen molar-refractivity contribution in [1.82, 2.24) is 15.1 Å². The largest absolute Gasteiger partial charge is 0.330 e. The molecular formula is C22H26N4O4. The summed E-state index contributed by atoms with van der Waals surface area (Å²) in [4.78, 5) is 53.0. The fourth-order valence-corrected chi connectivity index (χ4v) is 5.77. The standard InChI is InChI=1S/C22H26N4O4/c23-7-6-22-10-14(11-22)5-8-25(22)12-13-1-2-15-16(9-13)21(30)26(20(15)29)17-3-4-18(27)24-19(17)28/h1-2,9,14,17H,3-8,10-12,23H2,(H,24,27,28). The molecule has 1 aliphatic carbocycles. The number of carbonyl (C=O) groups excluding carboxylic acids is 4. The highest BCUT2D eigenvalue weighted by Crippen LogP contribution is 2.51. The molecule has 2 bridgehead atoms. The first-order valence-electron chi connectivity index (χ1n) is 10.7. The van der Waals surface area contributed by atoms with Crippen molar-refractivity contribution in [1.29, 1.82) is 0 Å². The van der Waals surface area contributed by atoms with Crippen LogP contribution in [0.4, 0.5) is 0 Å². The molecule has 1 unspecified atom stereocenters. The molecule has 0 aromatic heterocycles. The van der Waals surface area contributed by atoms with Gasteiger partial charge in [0.2, 0.25) is 11.8 Å². The van der Waals surface area contributed by atoms with Gasteiger partial charge in [0.1, 0.15) is 6.04 Å². The van der Waals surface area contributed by atoms with E-state index in [9.17, 15) is 19.2 Å². The Labute approximate surface area is 174 Å². The smallest absolute Gasteiger partial charge is 0.262 e. The molecule has 3 saturated heterocycles. The van der Waals surface area contributed by atoms with Crippen molar-refractivity contribution in [3.05, 3.63) is 34.9 Å². The van der Waals surface area contributed by atoms with Crippen LogP contribution in [0.3, 0.4) is 0 Å². The van der Waals surface area contributed by atoms with Crippen molar-refractivity contribution in [2.45, 2.75) is 56.7 Å². The molecule has 4 fully saturated rings. The van der Waals surface area contributed by atoms with Crippen LogP contribution in [0.1, 0.15) is 64.8 Å². The van der Waals surface area contributed by atoms with E-state index in [2.05, 4.69) is 10.2 Å². The highest BCUT2D eigenvalue weighted by molar-refractivity contribution is 6.23. The van der Waals surface area contributed by atoms with Gasteiger partial charge in [0, 0.05) is 18.5 Å². The normalized spacial score (nSPS) is 30.9. The molecule has 8 nitrogen and oxygen atoms in total.